The Labute approximate surface area is 101 Å². The second-order valence-corrected chi connectivity index (χ2v) is 4.24. The summed E-state index contributed by atoms with van der Waals surface area (Å²) in [5.74, 6) is -0.520. The molecule has 0 saturated carbocycles. The van der Waals surface area contributed by atoms with Gasteiger partial charge in [-0.05, 0) is 23.6 Å². The summed E-state index contributed by atoms with van der Waals surface area (Å²) in [6.07, 6.45) is 2.49. The molecular weight excluding hydrogens is 236 g/mol. The van der Waals surface area contributed by atoms with Crippen molar-refractivity contribution < 1.29 is 4.79 Å². The highest BCUT2D eigenvalue weighted by atomic mass is 32.1. The Morgan fingerprint density at radius 3 is 3.00 bits per heavy atom. The van der Waals surface area contributed by atoms with Crippen LogP contribution < -0.4 is 5.73 Å². The Morgan fingerprint density at radius 1 is 1.41 bits per heavy atom. The maximum Gasteiger partial charge on any atom is 0.252 e. The predicted octanol–water partition coefficient (Wildman–Crippen LogP) is 1.36. The number of carbonyl (C=O) groups excluding carboxylic acids is 1. The van der Waals surface area contributed by atoms with Gasteiger partial charge in [-0.15, -0.1) is 5.10 Å². The van der Waals surface area contributed by atoms with Gasteiger partial charge in [0.1, 0.15) is 0 Å². The number of nitrogens with two attached hydrogens (primary N) is 1. The van der Waals surface area contributed by atoms with Crippen LogP contribution in [0.2, 0.25) is 0 Å². The highest BCUT2D eigenvalue weighted by molar-refractivity contribution is 7.08. The van der Waals surface area contributed by atoms with Crippen molar-refractivity contribution >= 4 is 22.9 Å². The lowest BCUT2D eigenvalue weighted by Crippen LogP contribution is -2.13. The maximum absolute atomic E-state index is 11.2. The lowest BCUT2D eigenvalue weighted by molar-refractivity contribution is 0.100. The zero-order valence-electron chi connectivity index (χ0n) is 8.62. The third-order valence-electron chi connectivity index (χ3n) is 2.46. The molecule has 0 saturated heterocycles. The van der Waals surface area contributed by atoms with Crippen LogP contribution in [0.25, 0.3) is 16.9 Å². The summed E-state index contributed by atoms with van der Waals surface area (Å²) < 4.78 is 1.57. The van der Waals surface area contributed by atoms with E-state index in [0.717, 1.165) is 11.3 Å². The van der Waals surface area contributed by atoms with Gasteiger partial charge in [0.05, 0.1) is 11.3 Å². The van der Waals surface area contributed by atoms with Gasteiger partial charge in [0, 0.05) is 10.9 Å². The van der Waals surface area contributed by atoms with Crippen LogP contribution in [0.5, 0.6) is 0 Å². The van der Waals surface area contributed by atoms with Crippen molar-refractivity contribution in [2.45, 2.75) is 0 Å². The van der Waals surface area contributed by atoms with Crippen molar-refractivity contribution in [2.24, 2.45) is 5.73 Å². The number of fused-ring (bicyclic) bond motifs is 1. The molecule has 0 atom stereocenters. The molecule has 0 unspecified atom stereocenters. The Morgan fingerprint density at radius 2 is 2.29 bits per heavy atom. The monoisotopic (exact) mass is 243 g/mol. The van der Waals surface area contributed by atoms with E-state index in [1.807, 2.05) is 16.8 Å². The minimum Gasteiger partial charge on any atom is -0.365 e. The fraction of sp³-hybridized carbons (Fsp3) is 0. The fourth-order valence-electron chi connectivity index (χ4n) is 1.68. The van der Waals surface area contributed by atoms with E-state index in [-0.39, 0.29) is 0 Å². The van der Waals surface area contributed by atoms with Gasteiger partial charge >= 0.3 is 0 Å². The number of carbonyl (C=O) groups is 1. The molecule has 0 aliphatic rings. The normalized spacial score (nSPS) is 10.8. The first-order valence-electron chi connectivity index (χ1n) is 4.85. The number of thiophene rings is 1. The van der Waals surface area contributed by atoms with Crippen molar-refractivity contribution in [1.82, 2.24) is 14.6 Å². The van der Waals surface area contributed by atoms with Crippen molar-refractivity contribution in [3.8, 4) is 11.3 Å². The van der Waals surface area contributed by atoms with Crippen LogP contribution in [0.1, 0.15) is 10.4 Å². The number of hydrogen-bond acceptors (Lipinski definition) is 4. The van der Waals surface area contributed by atoms with E-state index in [1.54, 1.807) is 28.0 Å². The summed E-state index contributed by atoms with van der Waals surface area (Å²) in [6.45, 7) is 0. The van der Waals surface area contributed by atoms with Gasteiger partial charge in [-0.1, -0.05) is 0 Å². The average Bonchev–Trinajstić information content (AvgIpc) is 2.98. The zero-order chi connectivity index (χ0) is 11.8. The van der Waals surface area contributed by atoms with E-state index in [9.17, 15) is 4.79 Å². The van der Waals surface area contributed by atoms with Gasteiger partial charge < -0.3 is 5.73 Å². The van der Waals surface area contributed by atoms with Crippen LogP contribution in [-0.2, 0) is 0 Å². The topological polar surface area (TPSA) is 73.3 Å². The SMILES string of the molecule is NC(=O)c1ccc(-c2ccsc2)n2n[c]nc12. The largest absolute Gasteiger partial charge is 0.365 e. The average molecular weight is 243 g/mol. The predicted molar refractivity (Wildman–Crippen MR) is 63.7 cm³/mol. The Kier molecular flexibility index (Phi) is 2.15. The lowest BCUT2D eigenvalue weighted by Gasteiger charge is -2.04. The summed E-state index contributed by atoms with van der Waals surface area (Å²) in [7, 11) is 0. The summed E-state index contributed by atoms with van der Waals surface area (Å²) in [4.78, 5) is 15.2. The first-order valence-corrected chi connectivity index (χ1v) is 5.80. The highest BCUT2D eigenvalue weighted by Crippen LogP contribution is 2.23. The Balaban J connectivity index is 2.33. The molecule has 1 amide bonds. The van der Waals surface area contributed by atoms with E-state index in [1.165, 1.54) is 0 Å². The lowest BCUT2D eigenvalue weighted by atomic mass is 10.2. The number of primary amides is 1. The first kappa shape index (κ1) is 9.98. The summed E-state index contributed by atoms with van der Waals surface area (Å²) in [5, 5.41) is 7.97. The molecule has 3 aromatic rings. The molecule has 0 aliphatic carbocycles. The van der Waals surface area contributed by atoms with E-state index in [0.29, 0.717) is 11.2 Å². The molecule has 5 nitrogen and oxygen atoms in total. The minimum absolute atomic E-state index is 0.345. The fourth-order valence-corrected chi connectivity index (χ4v) is 2.33. The molecule has 83 valence electrons. The van der Waals surface area contributed by atoms with Crippen molar-refractivity contribution in [3.05, 3.63) is 40.8 Å². The number of amides is 1. The number of rotatable bonds is 2. The van der Waals surface area contributed by atoms with E-state index < -0.39 is 5.91 Å². The number of hydrogen-bond donors (Lipinski definition) is 1. The molecule has 0 spiro atoms. The van der Waals surface area contributed by atoms with Crippen molar-refractivity contribution in [3.63, 3.8) is 0 Å². The maximum atomic E-state index is 11.2. The van der Waals surface area contributed by atoms with Crippen LogP contribution in [-0.4, -0.2) is 20.5 Å². The minimum atomic E-state index is -0.520. The smallest absolute Gasteiger partial charge is 0.252 e. The molecule has 1 radical (unpaired) electrons. The molecule has 0 aliphatic heterocycles. The second-order valence-electron chi connectivity index (χ2n) is 3.46. The van der Waals surface area contributed by atoms with Gasteiger partial charge in [-0.3, -0.25) is 4.79 Å². The third kappa shape index (κ3) is 1.50. The van der Waals surface area contributed by atoms with E-state index in [4.69, 9.17) is 5.73 Å². The van der Waals surface area contributed by atoms with Crippen molar-refractivity contribution in [2.75, 3.05) is 0 Å². The van der Waals surface area contributed by atoms with Gasteiger partial charge in [0.25, 0.3) is 5.91 Å². The van der Waals surface area contributed by atoms with Gasteiger partial charge in [-0.25, -0.2) is 9.50 Å². The summed E-state index contributed by atoms with van der Waals surface area (Å²) in [6, 6.07) is 5.44. The first-order chi connectivity index (χ1) is 8.27. The van der Waals surface area contributed by atoms with Gasteiger partial charge in [-0.2, -0.15) is 11.3 Å². The van der Waals surface area contributed by atoms with Gasteiger partial charge in [0.15, 0.2) is 5.65 Å². The molecule has 0 fully saturated rings. The Bertz CT molecular complexity index is 687. The third-order valence-corrected chi connectivity index (χ3v) is 3.14. The molecule has 6 heteroatoms. The standard InChI is InChI=1S/C11H7N4OS/c12-10(16)8-1-2-9(7-3-4-17-5-7)15-11(8)13-6-14-15/h1-5H,(H2,12,16). The molecule has 0 bridgehead atoms. The van der Waals surface area contributed by atoms with E-state index >= 15 is 0 Å². The van der Waals surface area contributed by atoms with Crippen LogP contribution in [0, 0.1) is 6.33 Å². The van der Waals surface area contributed by atoms with Crippen LogP contribution in [0.4, 0.5) is 0 Å². The quantitative estimate of drug-likeness (QED) is 0.738. The summed E-state index contributed by atoms with van der Waals surface area (Å²) in [5.41, 5.74) is 7.94. The molecule has 3 aromatic heterocycles. The van der Waals surface area contributed by atoms with Crippen molar-refractivity contribution in [1.29, 1.82) is 0 Å². The zero-order valence-corrected chi connectivity index (χ0v) is 9.44. The number of pyridine rings is 1. The molecule has 0 aromatic carbocycles. The second kappa shape index (κ2) is 3.67. The molecule has 17 heavy (non-hydrogen) atoms. The van der Waals surface area contributed by atoms with Crippen LogP contribution in [0.3, 0.4) is 0 Å². The van der Waals surface area contributed by atoms with Crippen LogP contribution in [0.15, 0.2) is 29.0 Å². The number of aromatic nitrogens is 3. The molecule has 3 rings (SSSR count). The van der Waals surface area contributed by atoms with Gasteiger partial charge in [0.2, 0.25) is 6.33 Å². The molecular formula is C11H7N4OS. The van der Waals surface area contributed by atoms with E-state index in [2.05, 4.69) is 16.4 Å². The molecule has 2 N–H and O–H groups in total. The Hall–Kier alpha value is -2.21. The summed E-state index contributed by atoms with van der Waals surface area (Å²) >= 11 is 1.59. The number of nitrogens with zero attached hydrogens (tertiary/aromatic N) is 3. The molecule has 3 heterocycles. The highest BCUT2D eigenvalue weighted by Gasteiger charge is 2.13. The van der Waals surface area contributed by atoms with Crippen LogP contribution >= 0.6 is 11.3 Å².